The third kappa shape index (κ3) is 2.67. The van der Waals surface area contributed by atoms with Gasteiger partial charge in [0.25, 0.3) is 0 Å². The number of hydrogen-bond acceptors (Lipinski definition) is 4. The Morgan fingerprint density at radius 2 is 2.17 bits per heavy atom. The van der Waals surface area contributed by atoms with Crippen LogP contribution >= 0.6 is 24.2 Å². The fraction of sp³-hybridized carbons (Fsp3) is 0.143. The van der Waals surface area contributed by atoms with Crippen LogP contribution in [0.15, 0.2) is 24.5 Å². The SMILES string of the molecule is CN(SC(N)=S)c1ccncc1. The van der Waals surface area contributed by atoms with E-state index in [1.54, 1.807) is 12.4 Å². The number of pyridine rings is 1. The summed E-state index contributed by atoms with van der Waals surface area (Å²) in [4.78, 5) is 3.91. The molecule has 12 heavy (non-hydrogen) atoms. The van der Waals surface area contributed by atoms with Gasteiger partial charge in [0, 0.05) is 31.4 Å². The predicted molar refractivity (Wildman–Crippen MR) is 57.0 cm³/mol. The predicted octanol–water partition coefficient (Wildman–Crippen LogP) is 1.41. The van der Waals surface area contributed by atoms with Crippen LogP contribution in [-0.4, -0.2) is 16.4 Å². The summed E-state index contributed by atoms with van der Waals surface area (Å²) in [5.41, 5.74) is 6.40. The molecule has 1 rings (SSSR count). The molecule has 0 aromatic carbocycles. The van der Waals surface area contributed by atoms with E-state index in [0.717, 1.165) is 5.69 Å². The molecule has 0 atom stereocenters. The van der Waals surface area contributed by atoms with E-state index >= 15 is 0 Å². The van der Waals surface area contributed by atoms with Crippen LogP contribution in [0.25, 0.3) is 0 Å². The highest BCUT2D eigenvalue weighted by atomic mass is 32.2. The highest BCUT2D eigenvalue weighted by molar-refractivity contribution is 8.23. The first-order valence-electron chi connectivity index (χ1n) is 3.31. The third-order valence-corrected chi connectivity index (χ3v) is 2.14. The summed E-state index contributed by atoms with van der Waals surface area (Å²) < 4.78 is 2.30. The molecule has 1 aromatic heterocycles. The van der Waals surface area contributed by atoms with Crippen molar-refractivity contribution in [3.05, 3.63) is 24.5 Å². The van der Waals surface area contributed by atoms with Gasteiger partial charge in [-0.25, -0.2) is 0 Å². The summed E-state index contributed by atoms with van der Waals surface area (Å²) in [7, 11) is 1.90. The van der Waals surface area contributed by atoms with Gasteiger partial charge in [-0.15, -0.1) is 0 Å². The van der Waals surface area contributed by atoms with Gasteiger partial charge in [-0.2, -0.15) is 0 Å². The maximum Gasteiger partial charge on any atom is 0.151 e. The molecular weight excluding hydrogens is 190 g/mol. The van der Waals surface area contributed by atoms with Crippen molar-refractivity contribution in [1.29, 1.82) is 0 Å². The molecule has 0 spiro atoms. The van der Waals surface area contributed by atoms with Gasteiger partial charge >= 0.3 is 0 Å². The standard InChI is InChI=1S/C7H9N3S2/c1-10(12-7(8)11)6-2-4-9-5-3-6/h2-5H,1H3,(H2,8,11). The first kappa shape index (κ1) is 9.28. The van der Waals surface area contributed by atoms with E-state index in [0.29, 0.717) is 4.32 Å². The minimum absolute atomic E-state index is 0.411. The number of thiocarbonyl (C=S) groups is 1. The van der Waals surface area contributed by atoms with Gasteiger partial charge in [-0.1, -0.05) is 12.2 Å². The van der Waals surface area contributed by atoms with Gasteiger partial charge in [0.2, 0.25) is 0 Å². The number of rotatable bonds is 2. The molecule has 0 fully saturated rings. The molecule has 0 radical (unpaired) electrons. The summed E-state index contributed by atoms with van der Waals surface area (Å²) in [6, 6.07) is 3.79. The van der Waals surface area contributed by atoms with Gasteiger partial charge in [-0.3, -0.25) is 4.98 Å². The monoisotopic (exact) mass is 199 g/mol. The van der Waals surface area contributed by atoms with E-state index in [1.807, 2.05) is 23.5 Å². The van der Waals surface area contributed by atoms with Crippen LogP contribution in [-0.2, 0) is 0 Å². The largest absolute Gasteiger partial charge is 0.383 e. The lowest BCUT2D eigenvalue weighted by molar-refractivity contribution is 1.28. The number of nitrogens with two attached hydrogens (primary N) is 1. The van der Waals surface area contributed by atoms with Gasteiger partial charge in [-0.05, 0) is 12.1 Å². The molecule has 0 amide bonds. The molecule has 1 heterocycles. The zero-order valence-electron chi connectivity index (χ0n) is 6.60. The van der Waals surface area contributed by atoms with Crippen LogP contribution in [0.5, 0.6) is 0 Å². The van der Waals surface area contributed by atoms with Gasteiger partial charge < -0.3 is 10.0 Å². The van der Waals surface area contributed by atoms with E-state index < -0.39 is 0 Å². The van der Waals surface area contributed by atoms with Crippen LogP contribution < -0.4 is 10.0 Å². The van der Waals surface area contributed by atoms with Crippen molar-refractivity contribution in [1.82, 2.24) is 4.98 Å². The number of nitrogens with zero attached hydrogens (tertiary/aromatic N) is 2. The molecule has 0 aliphatic heterocycles. The summed E-state index contributed by atoms with van der Waals surface area (Å²) in [6.07, 6.45) is 3.46. The molecule has 0 aliphatic carbocycles. The van der Waals surface area contributed by atoms with Gasteiger partial charge in [0.1, 0.15) is 0 Å². The lowest BCUT2D eigenvalue weighted by atomic mass is 10.4. The summed E-state index contributed by atoms with van der Waals surface area (Å²) >= 11 is 6.08. The van der Waals surface area contributed by atoms with E-state index in [4.69, 9.17) is 18.0 Å². The Morgan fingerprint density at radius 3 is 2.67 bits per heavy atom. The zero-order chi connectivity index (χ0) is 8.97. The Hall–Kier alpha value is -0.810. The van der Waals surface area contributed by atoms with E-state index in [-0.39, 0.29) is 0 Å². The summed E-state index contributed by atoms with van der Waals surface area (Å²) in [5, 5.41) is 0. The number of anilines is 1. The highest BCUT2D eigenvalue weighted by Gasteiger charge is 2.00. The van der Waals surface area contributed by atoms with Crippen molar-refractivity contribution >= 4 is 34.2 Å². The topological polar surface area (TPSA) is 42.1 Å². The van der Waals surface area contributed by atoms with E-state index in [2.05, 4.69) is 4.98 Å². The van der Waals surface area contributed by atoms with Crippen molar-refractivity contribution in [2.45, 2.75) is 0 Å². The molecule has 0 saturated heterocycles. The molecule has 64 valence electrons. The minimum Gasteiger partial charge on any atom is -0.383 e. The molecule has 0 bridgehead atoms. The smallest absolute Gasteiger partial charge is 0.151 e. The van der Waals surface area contributed by atoms with Gasteiger partial charge in [0.15, 0.2) is 4.32 Å². The van der Waals surface area contributed by atoms with Crippen molar-refractivity contribution in [2.24, 2.45) is 5.73 Å². The number of aromatic nitrogens is 1. The van der Waals surface area contributed by atoms with Crippen LogP contribution in [0.3, 0.4) is 0 Å². The molecule has 1 aromatic rings. The highest BCUT2D eigenvalue weighted by Crippen LogP contribution is 2.18. The fourth-order valence-corrected chi connectivity index (χ4v) is 1.57. The van der Waals surface area contributed by atoms with Crippen LogP contribution in [0.1, 0.15) is 0 Å². The molecule has 0 aliphatic rings. The average Bonchev–Trinajstić information content (AvgIpc) is 2.05. The Morgan fingerprint density at radius 1 is 1.58 bits per heavy atom. The molecular formula is C7H9N3S2. The maximum absolute atomic E-state index is 5.37. The molecule has 5 heteroatoms. The fourth-order valence-electron chi connectivity index (χ4n) is 0.742. The average molecular weight is 199 g/mol. The molecule has 2 N–H and O–H groups in total. The molecule has 0 saturated carbocycles. The Balaban J connectivity index is 2.65. The van der Waals surface area contributed by atoms with Crippen LogP contribution in [0.4, 0.5) is 5.69 Å². The first-order chi connectivity index (χ1) is 5.70. The third-order valence-electron chi connectivity index (χ3n) is 1.25. The Kier molecular flexibility index (Phi) is 3.31. The quantitative estimate of drug-likeness (QED) is 0.576. The second-order valence-corrected chi connectivity index (χ2v) is 3.98. The second-order valence-electron chi connectivity index (χ2n) is 2.11. The lowest BCUT2D eigenvalue weighted by Crippen LogP contribution is -2.14. The minimum atomic E-state index is 0.411. The molecule has 3 nitrogen and oxygen atoms in total. The van der Waals surface area contributed by atoms with Crippen molar-refractivity contribution in [3.63, 3.8) is 0 Å². The Labute approximate surface area is 81.1 Å². The van der Waals surface area contributed by atoms with Crippen LogP contribution in [0.2, 0.25) is 0 Å². The summed E-state index contributed by atoms with van der Waals surface area (Å²) in [6.45, 7) is 0. The maximum atomic E-state index is 5.37. The van der Waals surface area contributed by atoms with Crippen molar-refractivity contribution < 1.29 is 0 Å². The van der Waals surface area contributed by atoms with Gasteiger partial charge in [0.05, 0.1) is 5.69 Å². The summed E-state index contributed by atoms with van der Waals surface area (Å²) in [5.74, 6) is 0. The normalized spacial score (nSPS) is 9.42. The molecule has 0 unspecified atom stereocenters. The van der Waals surface area contributed by atoms with Crippen molar-refractivity contribution in [3.8, 4) is 0 Å². The zero-order valence-corrected chi connectivity index (χ0v) is 8.23. The Bertz CT molecular complexity index is 263. The number of hydrogen-bond donors (Lipinski definition) is 1. The first-order valence-corrected chi connectivity index (χ1v) is 4.49. The lowest BCUT2D eigenvalue weighted by Gasteiger charge is -2.15. The van der Waals surface area contributed by atoms with E-state index in [9.17, 15) is 0 Å². The second kappa shape index (κ2) is 4.27. The van der Waals surface area contributed by atoms with Crippen LogP contribution in [0, 0.1) is 0 Å². The van der Waals surface area contributed by atoms with E-state index in [1.165, 1.54) is 11.9 Å². The van der Waals surface area contributed by atoms with Crippen molar-refractivity contribution in [2.75, 3.05) is 11.4 Å².